The minimum absolute atomic E-state index is 0.0829. The lowest BCUT2D eigenvalue weighted by Gasteiger charge is -2.03. The van der Waals surface area contributed by atoms with Crippen LogP contribution in [0, 0.1) is 13.8 Å². The summed E-state index contributed by atoms with van der Waals surface area (Å²) in [7, 11) is 0. The van der Waals surface area contributed by atoms with Crippen LogP contribution in [0.2, 0.25) is 0 Å². The number of pyridine rings is 1. The number of aryl methyl sites for hydroxylation is 2. The van der Waals surface area contributed by atoms with Gasteiger partial charge in [-0.3, -0.25) is 9.20 Å². The third-order valence-corrected chi connectivity index (χ3v) is 2.25. The fraction of sp³-hybridized carbons (Fsp3) is 0.273. The predicted octanol–water partition coefficient (Wildman–Crippen LogP) is 1.91. The lowest BCUT2D eigenvalue weighted by molar-refractivity contribution is -0.114. The largest absolute Gasteiger partial charge is 0.311 e. The molecule has 2 aromatic heterocycles. The van der Waals surface area contributed by atoms with Gasteiger partial charge in [0.15, 0.2) is 0 Å². The van der Waals surface area contributed by atoms with Gasteiger partial charge in [0.05, 0.1) is 5.69 Å². The Kier molecular flexibility index (Phi) is 2.19. The molecular formula is C11H13N3O. The van der Waals surface area contributed by atoms with E-state index in [0.717, 1.165) is 22.7 Å². The summed E-state index contributed by atoms with van der Waals surface area (Å²) in [5.74, 6) is 0.665. The van der Waals surface area contributed by atoms with Crippen LogP contribution in [0.5, 0.6) is 0 Å². The molecule has 0 aliphatic heterocycles. The van der Waals surface area contributed by atoms with Gasteiger partial charge in [-0.15, -0.1) is 0 Å². The van der Waals surface area contributed by atoms with Crippen molar-refractivity contribution in [2.45, 2.75) is 20.8 Å². The summed E-state index contributed by atoms with van der Waals surface area (Å²) >= 11 is 0. The van der Waals surface area contributed by atoms with Crippen LogP contribution < -0.4 is 5.32 Å². The van der Waals surface area contributed by atoms with E-state index in [-0.39, 0.29) is 5.91 Å². The standard InChI is InChI=1S/C11H13N3O/c1-7-4-5-14-10(6-7)12-8(2)11(14)13-9(3)15/h4-6H,1-3H3,(H,13,15). The minimum atomic E-state index is -0.0829. The Bertz CT molecular complexity index is 528. The summed E-state index contributed by atoms with van der Waals surface area (Å²) in [4.78, 5) is 15.4. The van der Waals surface area contributed by atoms with Crippen molar-refractivity contribution in [2.24, 2.45) is 0 Å². The summed E-state index contributed by atoms with van der Waals surface area (Å²) < 4.78 is 1.88. The quantitative estimate of drug-likeness (QED) is 0.769. The first kappa shape index (κ1) is 9.71. The Morgan fingerprint density at radius 2 is 2.20 bits per heavy atom. The van der Waals surface area contributed by atoms with Crippen molar-refractivity contribution in [3.63, 3.8) is 0 Å². The van der Waals surface area contributed by atoms with E-state index < -0.39 is 0 Å². The molecule has 1 N–H and O–H groups in total. The van der Waals surface area contributed by atoms with Crippen molar-refractivity contribution in [1.82, 2.24) is 9.38 Å². The summed E-state index contributed by atoms with van der Waals surface area (Å²) in [6, 6.07) is 3.97. The summed E-state index contributed by atoms with van der Waals surface area (Å²) in [5.41, 5.74) is 2.84. The van der Waals surface area contributed by atoms with E-state index in [2.05, 4.69) is 10.3 Å². The zero-order valence-electron chi connectivity index (χ0n) is 9.03. The number of carbonyl (C=O) groups excluding carboxylic acids is 1. The van der Waals surface area contributed by atoms with Crippen LogP contribution in [0.3, 0.4) is 0 Å². The maximum absolute atomic E-state index is 11.0. The normalized spacial score (nSPS) is 10.6. The highest BCUT2D eigenvalue weighted by molar-refractivity contribution is 5.88. The molecular weight excluding hydrogens is 190 g/mol. The molecule has 2 rings (SSSR count). The molecule has 0 saturated heterocycles. The van der Waals surface area contributed by atoms with Crippen LogP contribution in [0.15, 0.2) is 18.3 Å². The molecule has 0 radical (unpaired) electrons. The van der Waals surface area contributed by atoms with Crippen molar-refractivity contribution in [2.75, 3.05) is 5.32 Å². The maximum atomic E-state index is 11.0. The lowest BCUT2D eigenvalue weighted by atomic mass is 10.3. The molecule has 0 unspecified atom stereocenters. The number of nitrogens with zero attached hydrogens (tertiary/aromatic N) is 2. The highest BCUT2D eigenvalue weighted by Crippen LogP contribution is 2.17. The Hall–Kier alpha value is -1.84. The van der Waals surface area contributed by atoms with E-state index >= 15 is 0 Å². The number of fused-ring (bicyclic) bond motifs is 1. The third kappa shape index (κ3) is 1.70. The average Bonchev–Trinajstić information content (AvgIpc) is 2.41. The molecule has 0 bridgehead atoms. The molecule has 1 amide bonds. The zero-order valence-corrected chi connectivity index (χ0v) is 9.03. The van der Waals surface area contributed by atoms with Crippen molar-refractivity contribution in [3.05, 3.63) is 29.6 Å². The van der Waals surface area contributed by atoms with Crippen LogP contribution in [-0.2, 0) is 4.79 Å². The number of imidazole rings is 1. The van der Waals surface area contributed by atoms with Crippen molar-refractivity contribution < 1.29 is 4.79 Å². The summed E-state index contributed by atoms with van der Waals surface area (Å²) in [6.07, 6.45) is 1.91. The first-order valence-electron chi connectivity index (χ1n) is 4.81. The van der Waals surface area contributed by atoms with Crippen LogP contribution in [0.1, 0.15) is 18.2 Å². The van der Waals surface area contributed by atoms with Crippen LogP contribution >= 0.6 is 0 Å². The molecule has 0 saturated carbocycles. The van der Waals surface area contributed by atoms with E-state index in [4.69, 9.17) is 0 Å². The minimum Gasteiger partial charge on any atom is -0.311 e. The molecule has 2 aromatic rings. The van der Waals surface area contributed by atoms with Crippen molar-refractivity contribution in [3.8, 4) is 0 Å². The van der Waals surface area contributed by atoms with Gasteiger partial charge >= 0.3 is 0 Å². The number of aromatic nitrogens is 2. The molecule has 15 heavy (non-hydrogen) atoms. The fourth-order valence-corrected chi connectivity index (χ4v) is 1.58. The van der Waals surface area contributed by atoms with E-state index in [1.54, 1.807) is 0 Å². The van der Waals surface area contributed by atoms with E-state index in [9.17, 15) is 4.79 Å². The Morgan fingerprint density at radius 3 is 2.87 bits per heavy atom. The highest BCUT2D eigenvalue weighted by Gasteiger charge is 2.08. The summed E-state index contributed by atoms with van der Waals surface area (Å²) in [6.45, 7) is 5.39. The molecule has 0 atom stereocenters. The van der Waals surface area contributed by atoms with Crippen molar-refractivity contribution in [1.29, 1.82) is 0 Å². The Labute approximate surface area is 87.9 Å². The molecule has 4 nitrogen and oxygen atoms in total. The monoisotopic (exact) mass is 203 g/mol. The highest BCUT2D eigenvalue weighted by atomic mass is 16.1. The van der Waals surface area contributed by atoms with Gasteiger partial charge in [0, 0.05) is 13.1 Å². The topological polar surface area (TPSA) is 46.4 Å². The zero-order chi connectivity index (χ0) is 11.0. The number of amides is 1. The Morgan fingerprint density at radius 1 is 1.47 bits per heavy atom. The summed E-state index contributed by atoms with van der Waals surface area (Å²) in [5, 5.41) is 2.78. The van der Waals surface area contributed by atoms with Crippen LogP contribution in [0.25, 0.3) is 5.65 Å². The average molecular weight is 203 g/mol. The number of anilines is 1. The molecule has 78 valence electrons. The number of hydrogen-bond donors (Lipinski definition) is 1. The first-order chi connectivity index (χ1) is 7.08. The number of rotatable bonds is 1. The smallest absolute Gasteiger partial charge is 0.222 e. The first-order valence-corrected chi connectivity index (χ1v) is 4.81. The van der Waals surface area contributed by atoms with Gasteiger partial charge in [-0.05, 0) is 31.5 Å². The molecule has 0 spiro atoms. The SMILES string of the molecule is CC(=O)Nc1c(C)nc2cc(C)ccn12. The van der Waals surface area contributed by atoms with Crippen molar-refractivity contribution >= 4 is 17.4 Å². The van der Waals surface area contributed by atoms with Gasteiger partial charge in [-0.2, -0.15) is 0 Å². The van der Waals surface area contributed by atoms with Gasteiger partial charge in [0.2, 0.25) is 5.91 Å². The molecule has 0 aliphatic rings. The second kappa shape index (κ2) is 3.38. The predicted molar refractivity (Wildman–Crippen MR) is 59.0 cm³/mol. The third-order valence-electron chi connectivity index (χ3n) is 2.25. The lowest BCUT2D eigenvalue weighted by Crippen LogP contribution is -2.08. The van der Waals surface area contributed by atoms with Gasteiger partial charge in [-0.1, -0.05) is 0 Å². The number of hydrogen-bond acceptors (Lipinski definition) is 2. The Balaban J connectivity index is 2.63. The number of nitrogens with one attached hydrogen (secondary N) is 1. The maximum Gasteiger partial charge on any atom is 0.222 e. The molecule has 0 aromatic carbocycles. The van der Waals surface area contributed by atoms with E-state index in [0.29, 0.717) is 0 Å². The van der Waals surface area contributed by atoms with Gasteiger partial charge in [0.1, 0.15) is 11.5 Å². The number of carbonyl (C=O) groups is 1. The molecule has 0 aliphatic carbocycles. The fourth-order valence-electron chi connectivity index (χ4n) is 1.58. The van der Waals surface area contributed by atoms with Gasteiger partial charge in [0.25, 0.3) is 0 Å². The van der Waals surface area contributed by atoms with Crippen LogP contribution in [-0.4, -0.2) is 15.3 Å². The molecule has 4 heteroatoms. The van der Waals surface area contributed by atoms with E-state index in [1.807, 2.05) is 36.6 Å². The molecule has 2 heterocycles. The van der Waals surface area contributed by atoms with Gasteiger partial charge in [-0.25, -0.2) is 4.98 Å². The molecule has 0 fully saturated rings. The second-order valence-corrected chi connectivity index (χ2v) is 3.66. The van der Waals surface area contributed by atoms with E-state index in [1.165, 1.54) is 6.92 Å². The second-order valence-electron chi connectivity index (χ2n) is 3.66. The van der Waals surface area contributed by atoms with Gasteiger partial charge < -0.3 is 5.32 Å². The van der Waals surface area contributed by atoms with Crippen LogP contribution in [0.4, 0.5) is 5.82 Å².